The topological polar surface area (TPSA) is 89.3 Å². The van der Waals surface area contributed by atoms with Crippen LogP contribution in [0.25, 0.3) is 0 Å². The maximum absolute atomic E-state index is 11.6. The number of nitrogens with one attached hydrogen (secondary N) is 1. The Morgan fingerprint density at radius 1 is 1.33 bits per heavy atom. The van der Waals surface area contributed by atoms with Gasteiger partial charge < -0.3 is 0 Å². The molecule has 0 spiro atoms. The van der Waals surface area contributed by atoms with Gasteiger partial charge in [-0.15, -0.1) is 11.6 Å². The molecule has 1 aromatic carbocycles. The van der Waals surface area contributed by atoms with Crippen LogP contribution in [0.3, 0.4) is 0 Å². The first-order valence-electron chi connectivity index (χ1n) is 4.84. The highest BCUT2D eigenvalue weighted by molar-refractivity contribution is 9.10. The smallest absolute Gasteiger partial charge is 0.269 e. The first-order valence-corrected chi connectivity index (χ1v) is 6.07. The SMILES string of the molecule is O=C1NC(=O)C(c2cc([N+](=O)[O-])ccc2Br)C1Cl. The van der Waals surface area contributed by atoms with E-state index in [2.05, 4.69) is 21.2 Å². The molecule has 1 N–H and O–H groups in total. The highest BCUT2D eigenvalue weighted by Crippen LogP contribution is 2.35. The van der Waals surface area contributed by atoms with E-state index in [4.69, 9.17) is 11.6 Å². The van der Waals surface area contributed by atoms with Crippen molar-refractivity contribution >= 4 is 45.0 Å². The van der Waals surface area contributed by atoms with Gasteiger partial charge in [0.1, 0.15) is 5.38 Å². The number of hydrogen-bond acceptors (Lipinski definition) is 4. The minimum Gasteiger partial charge on any atom is -0.295 e. The molecule has 18 heavy (non-hydrogen) atoms. The van der Waals surface area contributed by atoms with Gasteiger partial charge in [0.2, 0.25) is 11.8 Å². The quantitative estimate of drug-likeness (QED) is 0.386. The Kier molecular flexibility index (Phi) is 3.36. The van der Waals surface area contributed by atoms with Crippen LogP contribution in [-0.4, -0.2) is 22.1 Å². The van der Waals surface area contributed by atoms with Crippen LogP contribution in [0.4, 0.5) is 5.69 Å². The van der Waals surface area contributed by atoms with E-state index < -0.39 is 28.0 Å². The normalized spacial score (nSPS) is 23.0. The molecule has 1 aliphatic heterocycles. The molecule has 0 bridgehead atoms. The maximum atomic E-state index is 11.6. The highest BCUT2D eigenvalue weighted by atomic mass is 79.9. The Labute approximate surface area is 115 Å². The van der Waals surface area contributed by atoms with Gasteiger partial charge in [0.25, 0.3) is 5.69 Å². The number of benzene rings is 1. The minimum atomic E-state index is -1.06. The molecule has 1 fully saturated rings. The van der Waals surface area contributed by atoms with E-state index in [1.54, 1.807) is 0 Å². The highest BCUT2D eigenvalue weighted by Gasteiger charge is 2.42. The molecule has 2 unspecified atom stereocenters. The van der Waals surface area contributed by atoms with Crippen LogP contribution < -0.4 is 5.32 Å². The van der Waals surface area contributed by atoms with Crippen LogP contribution >= 0.6 is 27.5 Å². The second kappa shape index (κ2) is 4.66. The van der Waals surface area contributed by atoms with Gasteiger partial charge in [-0.1, -0.05) is 15.9 Å². The second-order valence-electron chi connectivity index (χ2n) is 3.70. The van der Waals surface area contributed by atoms with Gasteiger partial charge in [-0.25, -0.2) is 0 Å². The summed E-state index contributed by atoms with van der Waals surface area (Å²) in [5.74, 6) is -2.07. The predicted molar refractivity (Wildman–Crippen MR) is 66.3 cm³/mol. The molecular weight excluding hydrogens is 327 g/mol. The lowest BCUT2D eigenvalue weighted by Gasteiger charge is -2.11. The molecule has 8 heteroatoms. The summed E-state index contributed by atoms with van der Waals surface area (Å²) in [6.45, 7) is 0. The van der Waals surface area contributed by atoms with Crippen molar-refractivity contribution in [3.8, 4) is 0 Å². The van der Waals surface area contributed by atoms with Gasteiger partial charge in [-0.2, -0.15) is 0 Å². The number of halogens is 2. The number of nitro benzene ring substituents is 1. The van der Waals surface area contributed by atoms with E-state index in [-0.39, 0.29) is 5.69 Å². The lowest BCUT2D eigenvalue weighted by molar-refractivity contribution is -0.384. The Morgan fingerprint density at radius 3 is 2.50 bits per heavy atom. The first-order chi connectivity index (χ1) is 8.41. The number of non-ortho nitro benzene ring substituents is 1. The molecule has 2 rings (SSSR count). The Hall–Kier alpha value is -1.47. The van der Waals surface area contributed by atoms with Crippen molar-refractivity contribution < 1.29 is 14.5 Å². The summed E-state index contributed by atoms with van der Waals surface area (Å²) in [4.78, 5) is 33.0. The molecule has 2 amide bonds. The van der Waals surface area contributed by atoms with Crippen molar-refractivity contribution in [2.24, 2.45) is 0 Å². The number of nitro groups is 1. The van der Waals surface area contributed by atoms with Gasteiger partial charge in [-0.3, -0.25) is 25.0 Å². The van der Waals surface area contributed by atoms with E-state index in [9.17, 15) is 19.7 Å². The molecule has 94 valence electrons. The number of nitrogens with zero attached hydrogens (tertiary/aromatic N) is 1. The van der Waals surface area contributed by atoms with Gasteiger partial charge in [-0.05, 0) is 11.6 Å². The van der Waals surface area contributed by atoms with Crippen molar-refractivity contribution in [2.45, 2.75) is 11.3 Å². The number of hydrogen-bond donors (Lipinski definition) is 1. The number of carbonyl (C=O) groups is 2. The van der Waals surface area contributed by atoms with Gasteiger partial charge in [0.05, 0.1) is 10.8 Å². The van der Waals surface area contributed by atoms with Gasteiger partial charge in [0, 0.05) is 16.6 Å². The summed E-state index contributed by atoms with van der Waals surface area (Å²) in [6.07, 6.45) is 0. The fourth-order valence-electron chi connectivity index (χ4n) is 1.73. The third kappa shape index (κ3) is 2.11. The lowest BCUT2D eigenvalue weighted by Crippen LogP contribution is -2.22. The van der Waals surface area contributed by atoms with Crippen molar-refractivity contribution in [1.82, 2.24) is 5.32 Å². The summed E-state index contributed by atoms with van der Waals surface area (Å²) in [5.41, 5.74) is 0.164. The zero-order valence-electron chi connectivity index (χ0n) is 8.72. The standard InChI is InChI=1S/C10H6BrClN2O4/c11-6-2-1-4(14(17)18)3-5(6)7-8(12)10(16)13-9(7)15/h1-3,7-8H,(H,13,15,16). The third-order valence-corrected chi connectivity index (χ3v) is 3.77. The molecule has 2 atom stereocenters. The molecule has 6 nitrogen and oxygen atoms in total. The van der Waals surface area contributed by atoms with Crippen LogP contribution in [0.2, 0.25) is 0 Å². The average Bonchev–Trinajstić information content (AvgIpc) is 2.54. The van der Waals surface area contributed by atoms with Crippen molar-refractivity contribution in [1.29, 1.82) is 0 Å². The molecule has 1 heterocycles. The number of amides is 2. The monoisotopic (exact) mass is 332 g/mol. The number of imide groups is 1. The zero-order chi connectivity index (χ0) is 13.4. The first kappa shape index (κ1) is 13.0. The number of alkyl halides is 1. The van der Waals surface area contributed by atoms with Gasteiger partial charge in [0.15, 0.2) is 0 Å². The minimum absolute atomic E-state index is 0.163. The van der Waals surface area contributed by atoms with Crippen molar-refractivity contribution in [2.75, 3.05) is 0 Å². The number of rotatable bonds is 2. The largest absolute Gasteiger partial charge is 0.295 e. The fraction of sp³-hybridized carbons (Fsp3) is 0.200. The molecule has 0 saturated carbocycles. The summed E-state index contributed by atoms with van der Waals surface area (Å²) in [5, 5.41) is 11.7. The third-order valence-electron chi connectivity index (χ3n) is 2.60. The molecule has 1 aliphatic rings. The average molecular weight is 334 g/mol. The lowest BCUT2D eigenvalue weighted by atomic mass is 9.97. The predicted octanol–water partition coefficient (Wildman–Crippen LogP) is 1.70. The van der Waals surface area contributed by atoms with Crippen LogP contribution in [0, 0.1) is 10.1 Å². The van der Waals surface area contributed by atoms with Crippen molar-refractivity contribution in [3.05, 3.63) is 38.3 Å². The summed E-state index contributed by atoms with van der Waals surface area (Å²) in [7, 11) is 0. The van der Waals surface area contributed by atoms with Crippen LogP contribution in [-0.2, 0) is 9.59 Å². The van der Waals surface area contributed by atoms with E-state index in [1.807, 2.05) is 0 Å². The molecule has 0 radical (unpaired) electrons. The van der Waals surface area contributed by atoms with Crippen LogP contribution in [0.5, 0.6) is 0 Å². The zero-order valence-corrected chi connectivity index (χ0v) is 11.1. The summed E-state index contributed by atoms with van der Waals surface area (Å²) in [6, 6.07) is 3.99. The molecule has 1 saturated heterocycles. The van der Waals surface area contributed by atoms with E-state index in [1.165, 1.54) is 18.2 Å². The maximum Gasteiger partial charge on any atom is 0.269 e. The number of carbonyl (C=O) groups excluding carboxylic acids is 2. The summed E-state index contributed by atoms with van der Waals surface area (Å²) < 4.78 is 0.494. The molecule has 0 aromatic heterocycles. The van der Waals surface area contributed by atoms with Gasteiger partial charge >= 0.3 is 0 Å². The fourth-order valence-corrected chi connectivity index (χ4v) is 2.53. The molecule has 0 aliphatic carbocycles. The van der Waals surface area contributed by atoms with Crippen LogP contribution in [0.15, 0.2) is 22.7 Å². The molecular formula is C10H6BrClN2O4. The van der Waals surface area contributed by atoms with E-state index in [0.717, 1.165) is 0 Å². The Bertz CT molecular complexity index is 563. The van der Waals surface area contributed by atoms with Crippen LogP contribution in [0.1, 0.15) is 11.5 Å². The Morgan fingerprint density at radius 2 is 2.00 bits per heavy atom. The van der Waals surface area contributed by atoms with Crippen molar-refractivity contribution in [3.63, 3.8) is 0 Å². The Balaban J connectivity index is 2.50. The van der Waals surface area contributed by atoms with E-state index in [0.29, 0.717) is 10.0 Å². The second-order valence-corrected chi connectivity index (χ2v) is 5.02. The molecule has 1 aromatic rings. The summed E-state index contributed by atoms with van der Waals surface area (Å²) >= 11 is 9.03. The van der Waals surface area contributed by atoms with E-state index >= 15 is 0 Å².